The van der Waals surface area contributed by atoms with E-state index in [0.29, 0.717) is 44.3 Å². The molecule has 0 aliphatic carbocycles. The van der Waals surface area contributed by atoms with Crippen molar-refractivity contribution in [3.05, 3.63) is 45.7 Å². The van der Waals surface area contributed by atoms with Crippen LogP contribution < -0.4 is 15.9 Å². The summed E-state index contributed by atoms with van der Waals surface area (Å²) in [5, 5.41) is 28.8. The summed E-state index contributed by atoms with van der Waals surface area (Å²) >= 11 is 3.11. The molecular weight excluding hydrogens is 546 g/mol. The predicted molar refractivity (Wildman–Crippen MR) is 142 cm³/mol. The topological polar surface area (TPSA) is 185 Å². The minimum absolute atomic E-state index is 0.0304. The largest absolute Gasteiger partial charge is 0.496 e. The van der Waals surface area contributed by atoms with E-state index in [0.717, 1.165) is 26.2 Å². The second-order valence-corrected chi connectivity index (χ2v) is 10.7. The first-order valence-electron chi connectivity index (χ1n) is 11.8. The maximum absolute atomic E-state index is 13.1. The third-order valence-corrected chi connectivity index (χ3v) is 7.72. The van der Waals surface area contributed by atoms with Gasteiger partial charge < -0.3 is 15.2 Å². The zero-order valence-electron chi connectivity index (χ0n) is 21.1. The van der Waals surface area contributed by atoms with Crippen LogP contribution in [0.5, 0.6) is 5.75 Å². The molecule has 5 rings (SSSR count). The van der Waals surface area contributed by atoms with E-state index < -0.39 is 5.91 Å². The summed E-state index contributed by atoms with van der Waals surface area (Å²) in [5.74, 6) is 1.03. The Bertz CT molecular complexity index is 1460. The maximum atomic E-state index is 13.1. The van der Waals surface area contributed by atoms with Gasteiger partial charge in [-0.05, 0) is 41.0 Å². The van der Waals surface area contributed by atoms with Gasteiger partial charge in [-0.15, -0.1) is 15.3 Å². The van der Waals surface area contributed by atoms with Gasteiger partial charge in [0.25, 0.3) is 5.91 Å². The van der Waals surface area contributed by atoms with Gasteiger partial charge in [0.2, 0.25) is 11.6 Å². The Balaban J connectivity index is 1.31. The Hall–Kier alpha value is -3.93. The van der Waals surface area contributed by atoms with Crippen molar-refractivity contribution in [3.8, 4) is 11.6 Å². The van der Waals surface area contributed by atoms with Crippen LogP contribution in [0.3, 0.4) is 0 Å². The van der Waals surface area contributed by atoms with Crippen LogP contribution in [0.2, 0.25) is 0 Å². The molecule has 1 aliphatic rings. The molecule has 1 aliphatic heterocycles. The lowest BCUT2D eigenvalue weighted by atomic mass is 10.1. The number of nitrogen functional groups attached to an aromatic ring is 1. The van der Waals surface area contributed by atoms with E-state index in [1.165, 1.54) is 16.0 Å². The number of hydrogen-bond acceptors (Lipinski definition) is 15. The molecular formula is C22H25N11O4S2. The highest BCUT2D eigenvalue weighted by atomic mass is 32.2. The van der Waals surface area contributed by atoms with Gasteiger partial charge in [-0.3, -0.25) is 9.69 Å². The van der Waals surface area contributed by atoms with Gasteiger partial charge in [-0.1, -0.05) is 28.3 Å². The number of benzene rings is 1. The van der Waals surface area contributed by atoms with Crippen molar-refractivity contribution in [2.24, 2.45) is 5.10 Å². The Labute approximate surface area is 230 Å². The van der Waals surface area contributed by atoms with Crippen LogP contribution in [-0.2, 0) is 17.0 Å². The molecule has 1 fully saturated rings. The lowest BCUT2D eigenvalue weighted by Crippen LogP contribution is -2.37. The number of methoxy groups -OCH3 is 1. The van der Waals surface area contributed by atoms with E-state index in [-0.39, 0.29) is 17.3 Å². The number of anilines is 1. The number of amides is 1. The van der Waals surface area contributed by atoms with Crippen LogP contribution in [0.25, 0.3) is 5.82 Å². The lowest BCUT2D eigenvalue weighted by Gasteiger charge is -2.26. The van der Waals surface area contributed by atoms with Crippen LogP contribution in [0, 0.1) is 6.92 Å². The van der Waals surface area contributed by atoms with Crippen molar-refractivity contribution in [3.63, 3.8) is 0 Å². The number of nitrogens with two attached hydrogens (primary N) is 1. The van der Waals surface area contributed by atoms with E-state index in [1.54, 1.807) is 25.1 Å². The molecule has 4 aromatic rings. The van der Waals surface area contributed by atoms with E-state index in [2.05, 4.69) is 46.2 Å². The molecule has 0 unspecified atom stereocenters. The van der Waals surface area contributed by atoms with Gasteiger partial charge in [0.15, 0.2) is 10.0 Å². The fourth-order valence-corrected chi connectivity index (χ4v) is 5.58. The van der Waals surface area contributed by atoms with E-state index >= 15 is 0 Å². The third kappa shape index (κ3) is 6.39. The molecule has 1 amide bonds. The first kappa shape index (κ1) is 26.7. The Kier molecular flexibility index (Phi) is 8.40. The molecule has 3 aromatic heterocycles. The summed E-state index contributed by atoms with van der Waals surface area (Å²) in [4.78, 5) is 15.2. The molecule has 17 heteroatoms. The molecule has 204 valence electrons. The maximum Gasteiger partial charge on any atom is 0.293 e. The molecule has 39 heavy (non-hydrogen) atoms. The van der Waals surface area contributed by atoms with Gasteiger partial charge in [0.05, 0.1) is 32.2 Å². The minimum atomic E-state index is -0.535. The highest BCUT2D eigenvalue weighted by Crippen LogP contribution is 2.30. The fraction of sp³-hybridized carbons (Fsp3) is 0.364. The number of aryl methyl sites for hydroxylation is 1. The van der Waals surface area contributed by atoms with Crippen molar-refractivity contribution in [2.75, 3.05) is 39.1 Å². The van der Waals surface area contributed by atoms with Crippen molar-refractivity contribution in [1.29, 1.82) is 0 Å². The number of carbonyl (C=O) groups is 1. The number of thioether (sulfide) groups is 1. The number of ether oxygens (including phenoxy) is 2. The van der Waals surface area contributed by atoms with E-state index in [4.69, 9.17) is 19.8 Å². The Morgan fingerprint density at radius 1 is 1.28 bits per heavy atom. The molecule has 0 spiro atoms. The number of morpholine rings is 1. The second kappa shape index (κ2) is 12.3. The fourth-order valence-electron chi connectivity index (χ4n) is 3.79. The van der Waals surface area contributed by atoms with E-state index in [1.807, 2.05) is 25.1 Å². The van der Waals surface area contributed by atoms with Crippen molar-refractivity contribution < 1.29 is 18.9 Å². The van der Waals surface area contributed by atoms with Crippen LogP contribution in [-0.4, -0.2) is 85.9 Å². The van der Waals surface area contributed by atoms with Crippen LogP contribution in [0.15, 0.2) is 32.3 Å². The summed E-state index contributed by atoms with van der Waals surface area (Å²) in [7, 11) is 1.62. The number of nitrogens with zero attached hydrogens (tertiary/aromatic N) is 9. The summed E-state index contributed by atoms with van der Waals surface area (Å²) in [5.41, 5.74) is 10.7. The number of rotatable bonds is 10. The molecule has 0 atom stereocenters. The van der Waals surface area contributed by atoms with Crippen LogP contribution in [0.1, 0.15) is 32.3 Å². The molecule has 15 nitrogen and oxygen atoms in total. The number of carbonyl (C=O) groups excluding carboxylic acids is 1. The summed E-state index contributed by atoms with van der Waals surface area (Å²) < 4.78 is 17.9. The first-order chi connectivity index (χ1) is 19.0. The summed E-state index contributed by atoms with van der Waals surface area (Å²) in [6.07, 6.45) is 1.55. The number of aromatic nitrogens is 7. The van der Waals surface area contributed by atoms with Gasteiger partial charge >= 0.3 is 0 Å². The van der Waals surface area contributed by atoms with E-state index in [9.17, 15) is 4.79 Å². The van der Waals surface area contributed by atoms with Crippen molar-refractivity contribution >= 4 is 41.0 Å². The average Bonchev–Trinajstić information content (AvgIpc) is 3.68. The van der Waals surface area contributed by atoms with Crippen molar-refractivity contribution in [1.82, 2.24) is 45.8 Å². The number of hydrogen-bond donors (Lipinski definition) is 2. The van der Waals surface area contributed by atoms with Gasteiger partial charge in [-0.25, -0.2) is 10.1 Å². The van der Waals surface area contributed by atoms with Gasteiger partial charge in [0.1, 0.15) is 10.8 Å². The average molecular weight is 572 g/mol. The smallest absolute Gasteiger partial charge is 0.293 e. The molecule has 1 aromatic carbocycles. The Morgan fingerprint density at radius 2 is 2.13 bits per heavy atom. The standard InChI is InChI=1S/C22H25N11O4S2/c1-13-25-28-22(39-13)38-12-15-9-14(3-4-17(15)35-2)10-24-27-21(34)18-16(11-32-5-7-36-8-6-32)33(31-26-18)20-19(23)29-37-30-20/h3-4,9-10H,5-8,11-12H2,1-2H3,(H2,23,29)(H,27,34)/b24-10+. The highest BCUT2D eigenvalue weighted by Gasteiger charge is 2.26. The third-order valence-electron chi connectivity index (χ3n) is 5.69. The second-order valence-electron chi connectivity index (χ2n) is 8.30. The molecule has 0 bridgehead atoms. The predicted octanol–water partition coefficient (Wildman–Crippen LogP) is 1.29. The molecule has 3 N–H and O–H groups in total. The van der Waals surface area contributed by atoms with Crippen molar-refractivity contribution in [2.45, 2.75) is 23.6 Å². The molecule has 4 heterocycles. The molecule has 0 radical (unpaired) electrons. The zero-order valence-corrected chi connectivity index (χ0v) is 22.7. The molecule has 0 saturated carbocycles. The normalized spacial score (nSPS) is 14.2. The van der Waals surface area contributed by atoms with Crippen LogP contribution >= 0.6 is 23.1 Å². The quantitative estimate of drug-likeness (QED) is 0.158. The first-order valence-corrected chi connectivity index (χ1v) is 13.6. The zero-order chi connectivity index (χ0) is 27.2. The number of nitrogens with one attached hydrogen (secondary N) is 1. The highest BCUT2D eigenvalue weighted by molar-refractivity contribution is 8.00. The summed E-state index contributed by atoms with van der Waals surface area (Å²) in [6.45, 7) is 4.83. The Morgan fingerprint density at radius 3 is 2.85 bits per heavy atom. The number of hydrazone groups is 1. The SMILES string of the molecule is COc1ccc(/C=N/NC(=O)c2nnn(-c3nonc3N)c2CN2CCOCC2)cc1CSc1nnc(C)s1. The van der Waals surface area contributed by atoms with Gasteiger partial charge in [-0.2, -0.15) is 9.78 Å². The van der Waals surface area contributed by atoms with Crippen LogP contribution in [0.4, 0.5) is 5.82 Å². The lowest BCUT2D eigenvalue weighted by molar-refractivity contribution is 0.0332. The molecule has 1 saturated heterocycles. The minimum Gasteiger partial charge on any atom is -0.496 e. The monoisotopic (exact) mass is 571 g/mol. The summed E-state index contributed by atoms with van der Waals surface area (Å²) in [6, 6.07) is 5.64. The van der Waals surface area contributed by atoms with Gasteiger partial charge in [0, 0.05) is 31.0 Å².